The number of esters is 1. The van der Waals surface area contributed by atoms with Crippen LogP contribution in [-0.2, 0) is 19.1 Å². The molecule has 2 aromatic carbocycles. The number of hydrogen-bond donors (Lipinski definition) is 1. The molecule has 144 valence electrons. The second-order valence-electron chi connectivity index (χ2n) is 6.33. The van der Waals surface area contributed by atoms with Crippen LogP contribution in [0.1, 0.15) is 12.8 Å². The first-order valence-electron chi connectivity index (χ1n) is 8.44. The van der Waals surface area contributed by atoms with Crippen LogP contribution >= 0.6 is 27.7 Å². The molecule has 2 heterocycles. The highest BCUT2D eigenvalue weighted by Gasteiger charge is 2.58. The summed E-state index contributed by atoms with van der Waals surface area (Å²) in [7, 11) is 0. The highest BCUT2D eigenvalue weighted by atomic mass is 79.9. The summed E-state index contributed by atoms with van der Waals surface area (Å²) in [5, 5.41) is 2.37. The molecule has 4 rings (SSSR count). The number of benzene rings is 2. The Morgan fingerprint density at radius 3 is 2.86 bits per heavy atom. The molecule has 28 heavy (non-hydrogen) atoms. The molecule has 1 atom stereocenters. The van der Waals surface area contributed by atoms with E-state index in [1.807, 2.05) is 12.1 Å². The lowest BCUT2D eigenvalue weighted by Gasteiger charge is -2.28. The van der Waals surface area contributed by atoms with E-state index < -0.39 is 29.2 Å². The van der Waals surface area contributed by atoms with Crippen LogP contribution in [0, 0.1) is 5.82 Å². The van der Waals surface area contributed by atoms with Gasteiger partial charge in [-0.15, -0.1) is 0 Å². The molecule has 2 aromatic rings. The Hall–Kier alpha value is -2.39. The average Bonchev–Trinajstić information content (AvgIpc) is 3.18. The minimum Gasteiger partial charge on any atom is -0.453 e. The molecule has 2 amide bonds. The SMILES string of the molecule is O=C(COC(=O)C12CCC(=O)N1c1ccccc1S2)Nc1ccc(Br)cc1F. The summed E-state index contributed by atoms with van der Waals surface area (Å²) in [5.74, 6) is -2.09. The van der Waals surface area contributed by atoms with Crippen LogP contribution in [0.15, 0.2) is 51.8 Å². The fourth-order valence-corrected chi connectivity index (χ4v) is 5.04. The number of carbonyl (C=O) groups is 3. The molecule has 1 unspecified atom stereocenters. The molecular formula is C19H14BrFN2O4S. The Morgan fingerprint density at radius 1 is 1.29 bits per heavy atom. The van der Waals surface area contributed by atoms with Crippen LogP contribution in [0.3, 0.4) is 0 Å². The number of ether oxygens (including phenoxy) is 1. The number of nitrogens with one attached hydrogen (secondary N) is 1. The summed E-state index contributed by atoms with van der Waals surface area (Å²) in [6, 6.07) is 11.4. The minimum atomic E-state index is -1.19. The number of fused-ring (bicyclic) bond motifs is 3. The number of anilines is 2. The van der Waals surface area contributed by atoms with Crippen molar-refractivity contribution >= 4 is 56.9 Å². The summed E-state index contributed by atoms with van der Waals surface area (Å²) >= 11 is 4.40. The average molecular weight is 465 g/mol. The zero-order chi connectivity index (χ0) is 19.9. The van der Waals surface area contributed by atoms with Crippen molar-refractivity contribution in [2.75, 3.05) is 16.8 Å². The molecule has 9 heteroatoms. The van der Waals surface area contributed by atoms with E-state index in [9.17, 15) is 18.8 Å². The number of thioether (sulfide) groups is 1. The van der Waals surface area contributed by atoms with Gasteiger partial charge in [0, 0.05) is 22.2 Å². The number of hydrogen-bond acceptors (Lipinski definition) is 5. The van der Waals surface area contributed by atoms with E-state index in [1.54, 1.807) is 18.2 Å². The van der Waals surface area contributed by atoms with Gasteiger partial charge < -0.3 is 10.1 Å². The van der Waals surface area contributed by atoms with Gasteiger partial charge in [0.15, 0.2) is 11.5 Å². The molecule has 1 N–H and O–H groups in total. The molecule has 2 aliphatic rings. The van der Waals surface area contributed by atoms with Crippen LogP contribution < -0.4 is 10.2 Å². The number of para-hydroxylation sites is 1. The molecule has 6 nitrogen and oxygen atoms in total. The van der Waals surface area contributed by atoms with E-state index in [1.165, 1.54) is 28.8 Å². The van der Waals surface area contributed by atoms with Crippen molar-refractivity contribution in [3.8, 4) is 0 Å². The van der Waals surface area contributed by atoms with Crippen LogP contribution in [-0.4, -0.2) is 29.3 Å². The highest BCUT2D eigenvalue weighted by molar-refractivity contribution is 9.10. The third-order valence-corrected chi connectivity index (χ3v) is 6.48. The van der Waals surface area contributed by atoms with Gasteiger partial charge in [-0.05, 0) is 30.3 Å². The summed E-state index contributed by atoms with van der Waals surface area (Å²) < 4.78 is 19.6. The fourth-order valence-electron chi connectivity index (χ4n) is 3.29. The second kappa shape index (κ2) is 7.21. The second-order valence-corrected chi connectivity index (χ2v) is 8.57. The van der Waals surface area contributed by atoms with Crippen LogP contribution in [0.5, 0.6) is 0 Å². The molecule has 0 spiro atoms. The molecule has 1 fully saturated rings. The van der Waals surface area contributed by atoms with E-state index >= 15 is 0 Å². The molecule has 0 radical (unpaired) electrons. The lowest BCUT2D eigenvalue weighted by atomic mass is 10.2. The lowest BCUT2D eigenvalue weighted by Crippen LogP contribution is -2.48. The van der Waals surface area contributed by atoms with Crippen LogP contribution in [0.2, 0.25) is 0 Å². The summed E-state index contributed by atoms with van der Waals surface area (Å²) in [6.45, 7) is -0.574. The molecular weight excluding hydrogens is 451 g/mol. The summed E-state index contributed by atoms with van der Waals surface area (Å²) in [6.07, 6.45) is 0.527. The predicted octanol–water partition coefficient (Wildman–Crippen LogP) is 3.70. The minimum absolute atomic E-state index is 0.0114. The van der Waals surface area contributed by atoms with Crippen molar-refractivity contribution in [3.05, 3.63) is 52.8 Å². The maximum atomic E-state index is 13.8. The number of nitrogens with zero attached hydrogens (tertiary/aromatic N) is 1. The van der Waals surface area contributed by atoms with E-state index in [4.69, 9.17) is 4.74 Å². The van der Waals surface area contributed by atoms with Gasteiger partial charge in [-0.2, -0.15) is 0 Å². The van der Waals surface area contributed by atoms with Gasteiger partial charge in [-0.3, -0.25) is 14.5 Å². The number of amides is 2. The standard InChI is InChI=1S/C19H14BrFN2O4S/c20-11-5-6-13(12(21)9-11)22-16(24)10-27-18(26)19-8-7-17(25)23(19)14-3-1-2-4-15(14)28-19/h1-6,9H,7-8,10H2,(H,22,24). The normalized spacial score (nSPS) is 19.9. The zero-order valence-corrected chi connectivity index (χ0v) is 16.8. The largest absolute Gasteiger partial charge is 0.453 e. The van der Waals surface area contributed by atoms with E-state index in [0.29, 0.717) is 16.6 Å². The van der Waals surface area contributed by atoms with Gasteiger partial charge >= 0.3 is 5.97 Å². The monoisotopic (exact) mass is 464 g/mol. The Bertz CT molecular complexity index is 1000. The topological polar surface area (TPSA) is 75.7 Å². The summed E-state index contributed by atoms with van der Waals surface area (Å²) in [4.78, 5) is 38.4. The predicted molar refractivity (Wildman–Crippen MR) is 105 cm³/mol. The van der Waals surface area contributed by atoms with Gasteiger partial charge in [-0.25, -0.2) is 9.18 Å². The van der Waals surface area contributed by atoms with Gasteiger partial charge in [0.1, 0.15) is 5.82 Å². The fraction of sp³-hybridized carbons (Fsp3) is 0.211. The van der Waals surface area contributed by atoms with Gasteiger partial charge in [0.2, 0.25) is 5.91 Å². The molecule has 0 aromatic heterocycles. The Balaban J connectivity index is 1.45. The van der Waals surface area contributed by atoms with Crippen molar-refractivity contribution < 1.29 is 23.5 Å². The van der Waals surface area contributed by atoms with Crippen molar-refractivity contribution in [3.63, 3.8) is 0 Å². The third kappa shape index (κ3) is 3.18. The molecule has 0 saturated carbocycles. The summed E-state index contributed by atoms with van der Waals surface area (Å²) in [5.41, 5.74) is 0.663. The van der Waals surface area contributed by atoms with E-state index in [0.717, 1.165) is 4.90 Å². The number of halogens is 2. The molecule has 1 saturated heterocycles. The van der Waals surface area contributed by atoms with Gasteiger partial charge in [0.05, 0.1) is 11.4 Å². The van der Waals surface area contributed by atoms with Crippen LogP contribution in [0.4, 0.5) is 15.8 Å². The van der Waals surface area contributed by atoms with Crippen molar-refractivity contribution in [1.29, 1.82) is 0 Å². The molecule has 0 bridgehead atoms. The highest BCUT2D eigenvalue weighted by Crippen LogP contribution is 2.56. The first kappa shape index (κ1) is 18.9. The maximum Gasteiger partial charge on any atom is 0.344 e. The van der Waals surface area contributed by atoms with Gasteiger partial charge in [0.25, 0.3) is 5.91 Å². The van der Waals surface area contributed by atoms with Crippen molar-refractivity contribution in [1.82, 2.24) is 0 Å². The zero-order valence-electron chi connectivity index (χ0n) is 14.4. The Morgan fingerprint density at radius 2 is 2.07 bits per heavy atom. The number of rotatable bonds is 4. The van der Waals surface area contributed by atoms with E-state index in [-0.39, 0.29) is 18.0 Å². The van der Waals surface area contributed by atoms with Crippen LogP contribution in [0.25, 0.3) is 0 Å². The quantitative estimate of drug-likeness (QED) is 0.698. The first-order chi connectivity index (χ1) is 13.4. The van der Waals surface area contributed by atoms with Crippen molar-refractivity contribution in [2.45, 2.75) is 22.6 Å². The Labute approximate surface area is 172 Å². The molecule has 2 aliphatic heterocycles. The lowest BCUT2D eigenvalue weighted by molar-refractivity contribution is -0.149. The number of carbonyl (C=O) groups excluding carboxylic acids is 3. The third-order valence-electron chi connectivity index (χ3n) is 4.53. The molecule has 0 aliphatic carbocycles. The van der Waals surface area contributed by atoms with Gasteiger partial charge in [-0.1, -0.05) is 39.8 Å². The Kier molecular flexibility index (Phi) is 4.88. The first-order valence-corrected chi connectivity index (χ1v) is 10.0. The smallest absolute Gasteiger partial charge is 0.344 e. The van der Waals surface area contributed by atoms with Crippen molar-refractivity contribution in [2.24, 2.45) is 0 Å². The van der Waals surface area contributed by atoms with E-state index in [2.05, 4.69) is 21.2 Å². The maximum absolute atomic E-state index is 13.8.